The van der Waals surface area contributed by atoms with Crippen molar-refractivity contribution in [2.45, 2.75) is 52.2 Å². The number of nitrogens with zero attached hydrogens (tertiary/aromatic N) is 1. The average Bonchev–Trinajstić information content (AvgIpc) is 3.00. The molecule has 1 fully saturated rings. The van der Waals surface area contributed by atoms with Gasteiger partial charge in [-0.05, 0) is 25.3 Å². The average molecular weight is 346 g/mol. The second kappa shape index (κ2) is 8.00. The third-order valence-electron chi connectivity index (χ3n) is 5.57. The third-order valence-corrected chi connectivity index (χ3v) is 5.57. The lowest BCUT2D eigenvalue weighted by Gasteiger charge is -2.30. The van der Waals surface area contributed by atoms with Crippen molar-refractivity contribution in [3.05, 3.63) is 35.9 Å². The molecule has 0 saturated carbocycles. The molecule has 1 aromatic rings. The Balaban J connectivity index is 1.94. The minimum absolute atomic E-state index is 0.00481. The molecule has 0 aromatic heterocycles. The van der Waals surface area contributed by atoms with Gasteiger partial charge in [-0.3, -0.25) is 9.59 Å². The Bertz CT molecular complexity index is 600. The molecule has 2 amide bonds. The lowest BCUT2D eigenvalue weighted by atomic mass is 9.88. The van der Waals surface area contributed by atoms with Crippen molar-refractivity contribution in [3.63, 3.8) is 0 Å². The zero-order chi connectivity index (χ0) is 18.6. The Labute approximate surface area is 150 Å². The van der Waals surface area contributed by atoms with Gasteiger partial charge in [-0.15, -0.1) is 0 Å². The minimum atomic E-state index is -0.940. The molecule has 4 unspecified atom stereocenters. The second-order valence-corrected chi connectivity index (χ2v) is 7.42. The molecule has 4 atom stereocenters. The summed E-state index contributed by atoms with van der Waals surface area (Å²) in [5.41, 5.74) is 0.126. The molecule has 25 heavy (non-hydrogen) atoms. The van der Waals surface area contributed by atoms with E-state index in [1.165, 1.54) is 0 Å². The van der Waals surface area contributed by atoms with Gasteiger partial charge in [0, 0.05) is 19.5 Å². The number of rotatable bonds is 7. The third kappa shape index (κ3) is 4.60. The lowest BCUT2D eigenvalue weighted by molar-refractivity contribution is -0.130. The van der Waals surface area contributed by atoms with E-state index in [1.807, 2.05) is 51.1 Å². The summed E-state index contributed by atoms with van der Waals surface area (Å²) >= 11 is 0. The molecule has 1 aromatic carbocycles. The number of hydrogen-bond donors (Lipinski definition) is 2. The molecule has 1 aliphatic rings. The number of aliphatic hydroxyl groups is 1. The summed E-state index contributed by atoms with van der Waals surface area (Å²) in [5, 5.41) is 13.3. The summed E-state index contributed by atoms with van der Waals surface area (Å²) in [6.45, 7) is 8.34. The predicted molar refractivity (Wildman–Crippen MR) is 97.8 cm³/mol. The highest BCUT2D eigenvalue weighted by Gasteiger charge is 2.37. The summed E-state index contributed by atoms with van der Waals surface area (Å²) in [6, 6.07) is 9.79. The van der Waals surface area contributed by atoms with Crippen LogP contribution in [0.25, 0.3) is 0 Å². The van der Waals surface area contributed by atoms with E-state index in [-0.39, 0.29) is 42.7 Å². The molecule has 0 radical (unpaired) electrons. The van der Waals surface area contributed by atoms with Gasteiger partial charge in [0.25, 0.3) is 0 Å². The van der Waals surface area contributed by atoms with Crippen molar-refractivity contribution in [2.75, 3.05) is 13.1 Å². The number of benzene rings is 1. The second-order valence-electron chi connectivity index (χ2n) is 7.42. The van der Waals surface area contributed by atoms with Crippen molar-refractivity contribution in [1.82, 2.24) is 10.2 Å². The Morgan fingerprint density at radius 2 is 2.00 bits per heavy atom. The fourth-order valence-electron chi connectivity index (χ4n) is 3.22. The van der Waals surface area contributed by atoms with Crippen LogP contribution in [0.5, 0.6) is 0 Å². The van der Waals surface area contributed by atoms with Gasteiger partial charge in [0.1, 0.15) is 0 Å². The van der Waals surface area contributed by atoms with E-state index in [1.54, 1.807) is 11.8 Å². The molecule has 138 valence electrons. The quantitative estimate of drug-likeness (QED) is 0.797. The molecule has 5 nitrogen and oxygen atoms in total. The van der Waals surface area contributed by atoms with Gasteiger partial charge in [-0.25, -0.2) is 0 Å². The molecule has 0 aliphatic carbocycles. The van der Waals surface area contributed by atoms with E-state index in [0.29, 0.717) is 6.54 Å². The fourth-order valence-corrected chi connectivity index (χ4v) is 3.22. The highest BCUT2D eigenvalue weighted by Crippen LogP contribution is 2.28. The molecular weight excluding hydrogens is 316 g/mol. The molecule has 1 heterocycles. The van der Waals surface area contributed by atoms with E-state index >= 15 is 0 Å². The Hall–Kier alpha value is -1.88. The summed E-state index contributed by atoms with van der Waals surface area (Å²) < 4.78 is 0. The topological polar surface area (TPSA) is 69.6 Å². The first kappa shape index (κ1) is 19.4. The van der Waals surface area contributed by atoms with Crippen LogP contribution < -0.4 is 5.32 Å². The van der Waals surface area contributed by atoms with E-state index in [0.717, 1.165) is 12.0 Å². The molecule has 1 aliphatic heterocycles. The summed E-state index contributed by atoms with van der Waals surface area (Å²) in [6.07, 6.45) is 1.07. The van der Waals surface area contributed by atoms with E-state index in [4.69, 9.17) is 0 Å². The maximum absolute atomic E-state index is 12.5. The molecule has 2 N–H and O–H groups in total. The van der Waals surface area contributed by atoms with Gasteiger partial charge in [-0.1, -0.05) is 50.6 Å². The van der Waals surface area contributed by atoms with Gasteiger partial charge in [-0.2, -0.15) is 0 Å². The number of amides is 2. The normalized spacial score (nSPS) is 22.4. The SMILES string of the molecule is CCC(C)C(C)(O)CNC(=O)C1CC(=O)N(C(C)c2ccccc2)C1. The summed E-state index contributed by atoms with van der Waals surface area (Å²) in [5.74, 6) is -0.413. The Morgan fingerprint density at radius 3 is 2.60 bits per heavy atom. The van der Waals surface area contributed by atoms with Crippen LogP contribution in [-0.2, 0) is 9.59 Å². The predicted octanol–water partition coefficient (Wildman–Crippen LogP) is 2.51. The standard InChI is InChI=1S/C20H30N2O3/c1-5-14(2)20(4,25)13-21-19(24)17-11-18(23)22(12-17)15(3)16-9-7-6-8-10-16/h6-10,14-15,17,25H,5,11-13H2,1-4H3,(H,21,24). The van der Waals surface area contributed by atoms with Crippen molar-refractivity contribution < 1.29 is 14.7 Å². The minimum Gasteiger partial charge on any atom is -0.388 e. The largest absolute Gasteiger partial charge is 0.388 e. The van der Waals surface area contributed by atoms with Gasteiger partial charge >= 0.3 is 0 Å². The smallest absolute Gasteiger partial charge is 0.225 e. The molecule has 5 heteroatoms. The number of carbonyl (C=O) groups excluding carboxylic acids is 2. The molecule has 1 saturated heterocycles. The van der Waals surface area contributed by atoms with Crippen molar-refractivity contribution in [2.24, 2.45) is 11.8 Å². The van der Waals surface area contributed by atoms with Crippen LogP contribution in [0.15, 0.2) is 30.3 Å². The maximum atomic E-state index is 12.5. The van der Waals surface area contributed by atoms with Crippen LogP contribution in [0.4, 0.5) is 0 Å². The van der Waals surface area contributed by atoms with E-state index in [9.17, 15) is 14.7 Å². The highest BCUT2D eigenvalue weighted by molar-refractivity contribution is 5.89. The van der Waals surface area contributed by atoms with Gasteiger partial charge in [0.2, 0.25) is 11.8 Å². The van der Waals surface area contributed by atoms with Crippen LogP contribution in [0.2, 0.25) is 0 Å². The zero-order valence-corrected chi connectivity index (χ0v) is 15.7. The Morgan fingerprint density at radius 1 is 1.36 bits per heavy atom. The first-order chi connectivity index (χ1) is 11.8. The van der Waals surface area contributed by atoms with Crippen LogP contribution in [-0.4, -0.2) is 40.5 Å². The van der Waals surface area contributed by atoms with Gasteiger partial charge < -0.3 is 15.3 Å². The molecular formula is C20H30N2O3. The fraction of sp³-hybridized carbons (Fsp3) is 0.600. The van der Waals surface area contributed by atoms with Crippen LogP contribution in [0.1, 0.15) is 52.1 Å². The van der Waals surface area contributed by atoms with Gasteiger partial charge in [0.05, 0.1) is 17.6 Å². The summed E-state index contributed by atoms with van der Waals surface area (Å²) in [4.78, 5) is 26.6. The number of nitrogens with one attached hydrogen (secondary N) is 1. The highest BCUT2D eigenvalue weighted by atomic mass is 16.3. The number of carbonyl (C=O) groups is 2. The van der Waals surface area contributed by atoms with Gasteiger partial charge in [0.15, 0.2) is 0 Å². The summed E-state index contributed by atoms with van der Waals surface area (Å²) in [7, 11) is 0. The van der Waals surface area contributed by atoms with Crippen LogP contribution in [0.3, 0.4) is 0 Å². The lowest BCUT2D eigenvalue weighted by Crippen LogP contribution is -2.46. The van der Waals surface area contributed by atoms with Crippen LogP contribution >= 0.6 is 0 Å². The van der Waals surface area contributed by atoms with E-state index in [2.05, 4.69) is 5.32 Å². The maximum Gasteiger partial charge on any atom is 0.225 e. The van der Waals surface area contributed by atoms with Crippen LogP contribution in [0, 0.1) is 11.8 Å². The zero-order valence-electron chi connectivity index (χ0n) is 15.7. The van der Waals surface area contributed by atoms with Crippen molar-refractivity contribution in [1.29, 1.82) is 0 Å². The molecule has 0 bridgehead atoms. The first-order valence-corrected chi connectivity index (χ1v) is 9.10. The Kier molecular flexibility index (Phi) is 6.22. The molecule has 0 spiro atoms. The number of likely N-dealkylation sites (tertiary alicyclic amines) is 1. The van der Waals surface area contributed by atoms with Crippen molar-refractivity contribution in [3.8, 4) is 0 Å². The number of hydrogen-bond acceptors (Lipinski definition) is 3. The van der Waals surface area contributed by atoms with E-state index < -0.39 is 5.60 Å². The monoisotopic (exact) mass is 346 g/mol. The first-order valence-electron chi connectivity index (χ1n) is 9.10. The van der Waals surface area contributed by atoms with Crippen molar-refractivity contribution >= 4 is 11.8 Å². The molecule has 2 rings (SSSR count).